The lowest BCUT2D eigenvalue weighted by molar-refractivity contribution is -0.360. The summed E-state index contributed by atoms with van der Waals surface area (Å²) in [5.41, 5.74) is 0. The van der Waals surface area contributed by atoms with Crippen LogP contribution in [0.4, 0.5) is 0 Å². The highest BCUT2D eigenvalue weighted by Gasteiger charge is 2.58. The van der Waals surface area contributed by atoms with Gasteiger partial charge in [0.25, 0.3) is 0 Å². The minimum atomic E-state index is -5.70. The van der Waals surface area contributed by atoms with Gasteiger partial charge in [-0.2, -0.15) is 0 Å². The Bertz CT molecular complexity index is 2110. The SMILES string of the molecule is CCCCCC/C=C\CCCCCCCCCC(=O)OC(COC(=O)CCCCC/C=C\CCCCCCCCC)COP(=O)(O)OC1C(OC2OC(CO)C(O)C(O)C2O)C(O)C(O)C(O)C1OC1OC(COC(=O)CCCCCCCCCCCCCCC)C(O)C(O)C1O. The summed E-state index contributed by atoms with van der Waals surface area (Å²) in [5.74, 6) is -2.01. The molecule has 25 heteroatoms. The summed E-state index contributed by atoms with van der Waals surface area (Å²) in [5, 5.41) is 110. The standard InChI is InChI=1S/C72H131O24P/c1-4-7-10-13-16-19-22-25-27-30-33-36-39-42-45-48-58(76)91-53(50-88-56(74)46-43-40-37-34-32-29-26-23-20-17-14-11-8-5-2)51-90-97(86,87)96-70-68(94-71-66(84)61(79)59(77)54(49-73)92-71)64(82)63(81)65(83)69(70)95-72-67(85)62(80)60(78)55(93-72)52-89-57(75)47-44-41-38-35-31-28-24-21-18-15-12-9-6-3/h19,22,29,32,53-55,59-73,77-85H,4-18,20-21,23-28,30-31,33-52H2,1-3H3,(H,86,87)/b22-19-,32-29-. The molecule has 2 aliphatic heterocycles. The van der Waals surface area contributed by atoms with Crippen molar-refractivity contribution in [3.8, 4) is 0 Å². The molecule has 0 aromatic heterocycles. The Hall–Kier alpha value is -2.56. The first kappa shape index (κ1) is 88.7. The Morgan fingerprint density at radius 2 is 0.722 bits per heavy atom. The molecule has 0 bridgehead atoms. The van der Waals surface area contributed by atoms with E-state index in [9.17, 15) is 74.9 Å². The van der Waals surface area contributed by atoms with Crippen molar-refractivity contribution in [3.63, 3.8) is 0 Å². The van der Waals surface area contributed by atoms with Gasteiger partial charge >= 0.3 is 25.7 Å². The van der Waals surface area contributed by atoms with Crippen LogP contribution in [0.3, 0.4) is 0 Å². The van der Waals surface area contributed by atoms with E-state index >= 15 is 0 Å². The number of phosphoric acid groups is 1. The lowest BCUT2D eigenvalue weighted by Gasteiger charge is -2.49. The summed E-state index contributed by atoms with van der Waals surface area (Å²) in [4.78, 5) is 51.0. The first-order chi connectivity index (χ1) is 46.8. The fourth-order valence-corrected chi connectivity index (χ4v) is 13.2. The Labute approximate surface area is 579 Å². The maximum atomic E-state index is 14.3. The van der Waals surface area contributed by atoms with E-state index in [0.717, 1.165) is 116 Å². The molecule has 0 spiro atoms. The number of hydrogen-bond acceptors (Lipinski definition) is 23. The zero-order chi connectivity index (χ0) is 71.1. The smallest absolute Gasteiger partial charge is 0.463 e. The van der Waals surface area contributed by atoms with Crippen molar-refractivity contribution < 1.29 is 117 Å². The Kier molecular flexibility index (Phi) is 49.5. The van der Waals surface area contributed by atoms with Crippen LogP contribution in [0.1, 0.15) is 284 Å². The molecule has 1 aliphatic carbocycles. The molecular formula is C72H131O24P. The highest BCUT2D eigenvalue weighted by molar-refractivity contribution is 7.47. The molecule has 0 amide bonds. The Balaban J connectivity index is 1.74. The first-order valence-electron chi connectivity index (χ1n) is 37.6. The van der Waals surface area contributed by atoms with Gasteiger partial charge in [0, 0.05) is 19.3 Å². The summed E-state index contributed by atoms with van der Waals surface area (Å²) in [6.07, 6.45) is 13.9. The van der Waals surface area contributed by atoms with Crippen molar-refractivity contribution in [2.75, 3.05) is 26.4 Å². The number of ether oxygens (including phenoxy) is 7. The predicted molar refractivity (Wildman–Crippen MR) is 365 cm³/mol. The van der Waals surface area contributed by atoms with E-state index in [1.165, 1.54) is 109 Å². The van der Waals surface area contributed by atoms with Gasteiger partial charge in [0.05, 0.1) is 13.2 Å². The number of allylic oxidation sites excluding steroid dienone is 4. The van der Waals surface area contributed by atoms with Gasteiger partial charge in [-0.05, 0) is 70.6 Å². The number of phosphoric ester groups is 1. The van der Waals surface area contributed by atoms with Crippen molar-refractivity contribution >= 4 is 25.7 Å². The van der Waals surface area contributed by atoms with Gasteiger partial charge in [-0.25, -0.2) is 4.57 Å². The van der Waals surface area contributed by atoms with Crippen LogP contribution in [0, 0.1) is 0 Å². The minimum absolute atomic E-state index is 0.0247. The number of unbranched alkanes of at least 4 members (excludes halogenated alkanes) is 33. The van der Waals surface area contributed by atoms with Crippen molar-refractivity contribution in [2.24, 2.45) is 0 Å². The van der Waals surface area contributed by atoms with Crippen LogP contribution in [0.25, 0.3) is 0 Å². The van der Waals surface area contributed by atoms with Gasteiger partial charge in [-0.15, -0.1) is 0 Å². The van der Waals surface area contributed by atoms with Gasteiger partial charge in [0.15, 0.2) is 18.7 Å². The van der Waals surface area contributed by atoms with Crippen molar-refractivity contribution in [2.45, 2.75) is 388 Å². The fraction of sp³-hybridized carbons (Fsp3) is 0.903. The van der Waals surface area contributed by atoms with Crippen LogP contribution in [-0.2, 0) is 61.2 Å². The molecule has 0 radical (unpaired) electrons. The average Bonchev–Trinajstić information content (AvgIpc) is 0.764. The number of carbonyl (C=O) groups excluding carboxylic acids is 3. The molecule has 11 N–H and O–H groups in total. The van der Waals surface area contributed by atoms with E-state index in [1.54, 1.807) is 0 Å². The summed E-state index contributed by atoms with van der Waals surface area (Å²) < 4.78 is 65.0. The molecule has 18 atom stereocenters. The molecule has 1 saturated carbocycles. The Morgan fingerprint density at radius 3 is 1.13 bits per heavy atom. The number of esters is 3. The van der Waals surface area contributed by atoms with Gasteiger partial charge in [0.1, 0.15) is 98.7 Å². The summed E-state index contributed by atoms with van der Waals surface area (Å²) >= 11 is 0. The van der Waals surface area contributed by atoms with Crippen LogP contribution in [-0.4, -0.2) is 204 Å². The van der Waals surface area contributed by atoms with E-state index < -0.39 is 156 Å². The van der Waals surface area contributed by atoms with E-state index in [-0.39, 0.29) is 19.3 Å². The van der Waals surface area contributed by atoms with Crippen LogP contribution in [0.15, 0.2) is 24.3 Å². The molecule has 3 fully saturated rings. The molecule has 24 nitrogen and oxygen atoms in total. The number of hydrogen-bond donors (Lipinski definition) is 11. The van der Waals surface area contributed by atoms with Crippen molar-refractivity contribution in [1.29, 1.82) is 0 Å². The molecule has 18 unspecified atom stereocenters. The monoisotopic (exact) mass is 1410 g/mol. The summed E-state index contributed by atoms with van der Waals surface area (Å²) in [6, 6.07) is 0. The molecule has 3 rings (SSSR count). The number of aliphatic hydroxyl groups excluding tert-OH is 10. The second-order valence-electron chi connectivity index (χ2n) is 27.0. The van der Waals surface area contributed by atoms with Gasteiger partial charge in [0.2, 0.25) is 0 Å². The lowest BCUT2D eigenvalue weighted by Crippen LogP contribution is -2.69. The number of carbonyl (C=O) groups is 3. The number of aliphatic hydroxyl groups is 10. The molecule has 0 aromatic carbocycles. The predicted octanol–water partition coefficient (Wildman–Crippen LogP) is 10.1. The zero-order valence-corrected chi connectivity index (χ0v) is 60.0. The maximum absolute atomic E-state index is 14.3. The van der Waals surface area contributed by atoms with Crippen molar-refractivity contribution in [3.05, 3.63) is 24.3 Å². The lowest BCUT2D eigenvalue weighted by atomic mass is 9.84. The maximum Gasteiger partial charge on any atom is 0.472 e. The second-order valence-corrected chi connectivity index (χ2v) is 28.4. The summed E-state index contributed by atoms with van der Waals surface area (Å²) in [7, 11) is -5.70. The normalized spacial score (nSPS) is 27.9. The topological polar surface area (TPSA) is 374 Å². The van der Waals surface area contributed by atoms with E-state index in [1.807, 2.05) is 0 Å². The van der Waals surface area contributed by atoms with Gasteiger partial charge in [-0.3, -0.25) is 23.4 Å². The molecule has 2 saturated heterocycles. The molecular weight excluding hydrogens is 1280 g/mol. The first-order valence-corrected chi connectivity index (χ1v) is 39.1. The molecule has 2 heterocycles. The van der Waals surface area contributed by atoms with Crippen LogP contribution in [0.5, 0.6) is 0 Å². The third-order valence-corrected chi connectivity index (χ3v) is 19.4. The van der Waals surface area contributed by atoms with E-state index in [4.69, 9.17) is 42.2 Å². The highest BCUT2D eigenvalue weighted by atomic mass is 31.2. The third kappa shape index (κ3) is 37.4. The largest absolute Gasteiger partial charge is 0.472 e. The zero-order valence-electron chi connectivity index (χ0n) is 59.1. The van der Waals surface area contributed by atoms with Gasteiger partial charge < -0.3 is 89.1 Å². The Morgan fingerprint density at radius 1 is 0.392 bits per heavy atom. The van der Waals surface area contributed by atoms with Crippen LogP contribution < -0.4 is 0 Å². The van der Waals surface area contributed by atoms with E-state index in [2.05, 4.69) is 45.1 Å². The third-order valence-electron chi connectivity index (χ3n) is 18.5. The average molecular weight is 1410 g/mol. The van der Waals surface area contributed by atoms with Crippen LogP contribution in [0.2, 0.25) is 0 Å². The highest BCUT2D eigenvalue weighted by Crippen LogP contribution is 2.49. The van der Waals surface area contributed by atoms with E-state index in [0.29, 0.717) is 19.3 Å². The van der Waals surface area contributed by atoms with Crippen LogP contribution >= 0.6 is 7.82 Å². The fourth-order valence-electron chi connectivity index (χ4n) is 12.3. The molecule has 0 aromatic rings. The minimum Gasteiger partial charge on any atom is -0.463 e. The molecule has 568 valence electrons. The second kappa shape index (κ2) is 54.1. The molecule has 3 aliphatic rings. The molecule has 97 heavy (non-hydrogen) atoms. The number of rotatable bonds is 58. The van der Waals surface area contributed by atoms with Crippen molar-refractivity contribution in [1.82, 2.24) is 0 Å². The van der Waals surface area contributed by atoms with Gasteiger partial charge in [-0.1, -0.05) is 218 Å². The summed E-state index contributed by atoms with van der Waals surface area (Å²) in [6.45, 7) is 3.41. The quantitative estimate of drug-likeness (QED) is 0.00886.